The van der Waals surface area contributed by atoms with Gasteiger partial charge >= 0.3 is 5.97 Å². The zero-order valence-corrected chi connectivity index (χ0v) is 11.9. The quantitative estimate of drug-likeness (QED) is 0.798. The monoisotopic (exact) mass is 308 g/mol. The van der Waals surface area contributed by atoms with Gasteiger partial charge in [0, 0.05) is 12.1 Å². The highest BCUT2D eigenvalue weighted by atomic mass is 35.5. The molecule has 0 aliphatic rings. The van der Waals surface area contributed by atoms with Crippen molar-refractivity contribution in [1.82, 2.24) is 0 Å². The Morgan fingerprint density at radius 3 is 2.52 bits per heavy atom. The highest BCUT2D eigenvalue weighted by molar-refractivity contribution is 6.32. The molecular weight excluding hydrogens is 294 g/mol. The van der Waals surface area contributed by atoms with Gasteiger partial charge in [-0.25, -0.2) is 9.36 Å². The number of carbonyl (C=O) groups is 1. The molecule has 1 aromatic heterocycles. The van der Waals surface area contributed by atoms with Gasteiger partial charge in [0.25, 0.3) is 0 Å². The second-order valence-electron chi connectivity index (χ2n) is 4.48. The molecule has 0 fully saturated rings. The Kier molecular flexibility index (Phi) is 5.14. The lowest BCUT2D eigenvalue weighted by atomic mass is 10.2. The van der Waals surface area contributed by atoms with Gasteiger partial charge in [0.1, 0.15) is 18.5 Å². The molecule has 6 heteroatoms. The molecule has 0 aliphatic carbocycles. The van der Waals surface area contributed by atoms with Crippen LogP contribution in [-0.2, 0) is 6.54 Å². The van der Waals surface area contributed by atoms with Crippen LogP contribution in [0.4, 0.5) is 0 Å². The number of halogens is 1. The molecule has 2 rings (SSSR count). The number of aromatic carboxylic acids is 1. The fourth-order valence-electron chi connectivity index (χ4n) is 1.77. The second-order valence-corrected chi connectivity index (χ2v) is 4.89. The zero-order chi connectivity index (χ0) is 15.2. The van der Waals surface area contributed by atoms with Gasteiger partial charge in [-0.15, -0.1) is 0 Å². The molecule has 110 valence electrons. The Morgan fingerprint density at radius 2 is 1.90 bits per heavy atom. The number of aromatic nitrogens is 1. The van der Waals surface area contributed by atoms with E-state index in [0.717, 1.165) is 0 Å². The van der Waals surface area contributed by atoms with Crippen molar-refractivity contribution in [2.45, 2.75) is 12.6 Å². The van der Waals surface area contributed by atoms with Gasteiger partial charge in [0.05, 0.1) is 10.6 Å². The Labute approximate surface area is 127 Å². The molecule has 0 saturated heterocycles. The lowest BCUT2D eigenvalue weighted by Crippen LogP contribution is -2.41. The molecule has 0 radical (unpaired) electrons. The molecule has 1 unspecified atom stereocenters. The van der Waals surface area contributed by atoms with Gasteiger partial charge in [-0.05, 0) is 12.1 Å². The molecular formula is C15H15ClNO4+. The van der Waals surface area contributed by atoms with Crippen LogP contribution in [0.5, 0.6) is 5.75 Å². The van der Waals surface area contributed by atoms with Crippen LogP contribution in [0.25, 0.3) is 0 Å². The number of hydrogen-bond donors (Lipinski definition) is 2. The normalized spacial score (nSPS) is 11.9. The maximum Gasteiger partial charge on any atom is 0.336 e. The number of aliphatic hydroxyl groups is 1. The summed E-state index contributed by atoms with van der Waals surface area (Å²) in [5, 5.41) is 19.2. The minimum atomic E-state index is -0.982. The summed E-state index contributed by atoms with van der Waals surface area (Å²) in [5.74, 6) is -0.464. The number of ether oxygens (including phenoxy) is 1. The summed E-state index contributed by atoms with van der Waals surface area (Å²) in [6.45, 7) is 0.391. The number of carboxylic acid groups (broad SMARTS) is 1. The van der Waals surface area contributed by atoms with Crippen LogP contribution >= 0.6 is 11.6 Å². The zero-order valence-electron chi connectivity index (χ0n) is 11.1. The highest BCUT2D eigenvalue weighted by Gasteiger charge is 2.13. The lowest BCUT2D eigenvalue weighted by molar-refractivity contribution is -0.703. The van der Waals surface area contributed by atoms with E-state index in [1.807, 2.05) is 0 Å². The largest absolute Gasteiger partial charge is 0.489 e. The number of carboxylic acids is 1. The van der Waals surface area contributed by atoms with Crippen molar-refractivity contribution in [2.75, 3.05) is 6.61 Å². The fraction of sp³-hybridized carbons (Fsp3) is 0.200. The van der Waals surface area contributed by atoms with Gasteiger partial charge < -0.3 is 14.9 Å². The molecule has 5 nitrogen and oxygen atoms in total. The summed E-state index contributed by atoms with van der Waals surface area (Å²) in [7, 11) is 0. The lowest BCUT2D eigenvalue weighted by Gasteiger charge is -2.11. The molecule has 2 aromatic rings. The Morgan fingerprint density at radius 1 is 1.24 bits per heavy atom. The second kappa shape index (κ2) is 7.06. The molecule has 1 aromatic carbocycles. The van der Waals surface area contributed by atoms with Crippen molar-refractivity contribution in [3.05, 3.63) is 59.4 Å². The number of rotatable bonds is 6. The summed E-state index contributed by atoms with van der Waals surface area (Å²) in [4.78, 5) is 10.7. The van der Waals surface area contributed by atoms with E-state index < -0.39 is 12.1 Å². The summed E-state index contributed by atoms with van der Waals surface area (Å²) >= 11 is 5.95. The predicted molar refractivity (Wildman–Crippen MR) is 76.6 cm³/mol. The van der Waals surface area contributed by atoms with Crippen molar-refractivity contribution in [3.63, 3.8) is 0 Å². The van der Waals surface area contributed by atoms with E-state index in [1.54, 1.807) is 41.2 Å². The van der Waals surface area contributed by atoms with E-state index >= 15 is 0 Å². The third-order valence-electron chi connectivity index (χ3n) is 2.83. The Hall–Kier alpha value is -2.11. The highest BCUT2D eigenvalue weighted by Crippen LogP contribution is 2.23. The summed E-state index contributed by atoms with van der Waals surface area (Å²) in [6.07, 6.45) is 2.46. The standard InChI is InChI=1S/C15H14ClNO4/c16-13-3-1-2-4-14(13)21-10-12(18)9-17-7-5-11(6-8-17)15(19)20/h1-8,12,18H,9-10H2/p+1. The predicted octanol–water partition coefficient (Wildman–Crippen LogP) is 1.77. The molecule has 0 aliphatic heterocycles. The van der Waals surface area contributed by atoms with Crippen molar-refractivity contribution in [3.8, 4) is 5.75 Å². The van der Waals surface area contributed by atoms with Crippen LogP contribution in [0.2, 0.25) is 5.02 Å². The first-order chi connectivity index (χ1) is 10.1. The van der Waals surface area contributed by atoms with Crippen LogP contribution in [-0.4, -0.2) is 28.9 Å². The number of aliphatic hydroxyl groups excluding tert-OH is 1. The van der Waals surface area contributed by atoms with Gasteiger partial charge in [-0.2, -0.15) is 0 Å². The maximum absolute atomic E-state index is 10.7. The first-order valence-corrected chi connectivity index (χ1v) is 6.72. The first kappa shape index (κ1) is 15.3. The smallest absolute Gasteiger partial charge is 0.336 e. The number of benzene rings is 1. The van der Waals surface area contributed by atoms with Crippen molar-refractivity contribution in [1.29, 1.82) is 0 Å². The van der Waals surface area contributed by atoms with Crippen molar-refractivity contribution in [2.24, 2.45) is 0 Å². The number of para-hydroxylation sites is 1. The summed E-state index contributed by atoms with van der Waals surface area (Å²) < 4.78 is 7.13. The van der Waals surface area contributed by atoms with E-state index in [2.05, 4.69) is 0 Å². The molecule has 1 heterocycles. The van der Waals surface area contributed by atoms with Crippen LogP contribution in [0.15, 0.2) is 48.8 Å². The summed E-state index contributed by atoms with van der Waals surface area (Å²) in [6, 6.07) is 9.99. The van der Waals surface area contributed by atoms with Crippen LogP contribution in [0.3, 0.4) is 0 Å². The molecule has 2 N–H and O–H groups in total. The van der Waals surface area contributed by atoms with Crippen LogP contribution in [0, 0.1) is 0 Å². The van der Waals surface area contributed by atoms with Crippen molar-refractivity contribution >= 4 is 17.6 Å². The van der Waals surface area contributed by atoms with E-state index in [4.69, 9.17) is 21.4 Å². The Balaban J connectivity index is 1.88. The SMILES string of the molecule is O=C(O)c1cc[n+](CC(O)COc2ccccc2Cl)cc1. The van der Waals surface area contributed by atoms with E-state index in [0.29, 0.717) is 17.3 Å². The average Bonchev–Trinajstić information content (AvgIpc) is 2.47. The Bertz CT molecular complexity index is 615. The van der Waals surface area contributed by atoms with E-state index in [-0.39, 0.29) is 12.2 Å². The van der Waals surface area contributed by atoms with E-state index in [1.165, 1.54) is 12.1 Å². The third kappa shape index (κ3) is 4.44. The average molecular weight is 309 g/mol. The molecule has 21 heavy (non-hydrogen) atoms. The third-order valence-corrected chi connectivity index (χ3v) is 3.14. The first-order valence-electron chi connectivity index (χ1n) is 6.34. The molecule has 0 spiro atoms. The number of nitrogens with zero attached hydrogens (tertiary/aromatic N) is 1. The van der Waals surface area contributed by atoms with Gasteiger partial charge in [0.15, 0.2) is 18.9 Å². The van der Waals surface area contributed by atoms with E-state index in [9.17, 15) is 9.90 Å². The number of pyridine rings is 1. The minimum absolute atomic E-state index is 0.0947. The van der Waals surface area contributed by atoms with Gasteiger partial charge in [-0.3, -0.25) is 0 Å². The molecule has 0 bridgehead atoms. The fourth-order valence-corrected chi connectivity index (χ4v) is 1.96. The molecule has 0 saturated carbocycles. The van der Waals surface area contributed by atoms with Gasteiger partial charge in [0.2, 0.25) is 0 Å². The van der Waals surface area contributed by atoms with Crippen LogP contribution in [0.1, 0.15) is 10.4 Å². The van der Waals surface area contributed by atoms with Crippen molar-refractivity contribution < 1.29 is 24.3 Å². The number of hydrogen-bond acceptors (Lipinski definition) is 3. The maximum atomic E-state index is 10.7. The molecule has 1 atom stereocenters. The molecule has 0 amide bonds. The van der Waals surface area contributed by atoms with Gasteiger partial charge in [-0.1, -0.05) is 23.7 Å². The summed E-state index contributed by atoms with van der Waals surface area (Å²) in [5.41, 5.74) is 0.202. The topological polar surface area (TPSA) is 70.6 Å². The minimum Gasteiger partial charge on any atom is -0.489 e. The van der Waals surface area contributed by atoms with Crippen LogP contribution < -0.4 is 9.30 Å².